The number of hydrogen-bond acceptors (Lipinski definition) is 1. The summed E-state index contributed by atoms with van der Waals surface area (Å²) in [7, 11) is 0. The summed E-state index contributed by atoms with van der Waals surface area (Å²) in [5.74, 6) is 0. The number of benzene rings is 1. The smallest absolute Gasteiger partial charge is 0.0576 e. The van der Waals surface area contributed by atoms with E-state index >= 15 is 0 Å². The lowest BCUT2D eigenvalue weighted by atomic mass is 9.78. The molecule has 1 aliphatic rings. The molecule has 1 aromatic carbocycles. The Hall–Kier alpha value is 0.140. The van der Waals surface area contributed by atoms with Crippen molar-refractivity contribution in [2.75, 3.05) is 17.3 Å². The zero-order valence-corrected chi connectivity index (χ0v) is 15.4. The molecule has 1 saturated heterocycles. The molecule has 0 spiro atoms. The normalized spacial score (nSPS) is 19.4. The van der Waals surface area contributed by atoms with Gasteiger partial charge in [-0.25, -0.2) is 0 Å². The Bertz CT molecular complexity index is 409. The Kier molecular flexibility index (Phi) is 6.57. The highest BCUT2D eigenvalue weighted by atomic mass is 79.9. The quantitative estimate of drug-likeness (QED) is 0.556. The SMILES string of the molecule is Cc1ccccc1C(CBr)(CBr)CCCC1CCCO1. The van der Waals surface area contributed by atoms with Gasteiger partial charge < -0.3 is 4.74 Å². The maximum absolute atomic E-state index is 5.74. The first kappa shape index (κ1) is 16.5. The van der Waals surface area contributed by atoms with Gasteiger partial charge in [0, 0.05) is 22.7 Å². The van der Waals surface area contributed by atoms with Gasteiger partial charge in [-0.1, -0.05) is 56.1 Å². The van der Waals surface area contributed by atoms with Crippen LogP contribution in [0, 0.1) is 6.92 Å². The highest BCUT2D eigenvalue weighted by Crippen LogP contribution is 2.36. The number of alkyl halides is 2. The lowest BCUT2D eigenvalue weighted by Crippen LogP contribution is -2.31. The van der Waals surface area contributed by atoms with E-state index in [-0.39, 0.29) is 5.41 Å². The van der Waals surface area contributed by atoms with E-state index in [1.807, 2.05) is 0 Å². The van der Waals surface area contributed by atoms with Gasteiger partial charge in [0.05, 0.1) is 6.10 Å². The van der Waals surface area contributed by atoms with Crippen LogP contribution in [0.15, 0.2) is 24.3 Å². The summed E-state index contributed by atoms with van der Waals surface area (Å²) >= 11 is 7.51. The summed E-state index contributed by atoms with van der Waals surface area (Å²) in [5.41, 5.74) is 3.06. The van der Waals surface area contributed by atoms with Crippen LogP contribution in [0.5, 0.6) is 0 Å². The van der Waals surface area contributed by atoms with E-state index in [2.05, 4.69) is 63.0 Å². The molecule has 0 aliphatic carbocycles. The van der Waals surface area contributed by atoms with Crippen molar-refractivity contribution in [2.24, 2.45) is 0 Å². The van der Waals surface area contributed by atoms with E-state index in [1.54, 1.807) is 0 Å². The molecule has 1 unspecified atom stereocenters. The van der Waals surface area contributed by atoms with Crippen molar-refractivity contribution < 1.29 is 4.74 Å². The highest BCUT2D eigenvalue weighted by molar-refractivity contribution is 9.09. The first-order valence-corrected chi connectivity index (χ1v) is 9.76. The van der Waals surface area contributed by atoms with Crippen LogP contribution in [0.3, 0.4) is 0 Å². The molecule has 112 valence electrons. The summed E-state index contributed by atoms with van der Waals surface area (Å²) in [6, 6.07) is 8.78. The third-order valence-electron chi connectivity index (χ3n) is 4.43. The second-order valence-electron chi connectivity index (χ2n) is 5.89. The molecule has 2 rings (SSSR count). The third-order valence-corrected chi connectivity index (χ3v) is 6.58. The van der Waals surface area contributed by atoms with E-state index in [4.69, 9.17) is 4.74 Å². The lowest BCUT2D eigenvalue weighted by Gasteiger charge is -2.32. The van der Waals surface area contributed by atoms with Gasteiger partial charge in [0.2, 0.25) is 0 Å². The fourth-order valence-electron chi connectivity index (χ4n) is 3.16. The largest absolute Gasteiger partial charge is 0.378 e. The monoisotopic (exact) mass is 402 g/mol. The molecule has 0 aromatic heterocycles. The van der Waals surface area contributed by atoms with Gasteiger partial charge in [0.15, 0.2) is 0 Å². The Morgan fingerprint density at radius 2 is 2.00 bits per heavy atom. The fourth-order valence-corrected chi connectivity index (χ4v) is 5.25. The van der Waals surface area contributed by atoms with Gasteiger partial charge in [-0.05, 0) is 50.2 Å². The standard InChI is InChI=1S/C17H24Br2O/c1-14-6-2-3-9-16(14)17(12-18,13-19)10-4-7-15-8-5-11-20-15/h2-3,6,9,15H,4-5,7-8,10-13H2,1H3. The highest BCUT2D eigenvalue weighted by Gasteiger charge is 2.31. The predicted octanol–water partition coefficient (Wildman–Crippen LogP) is 5.37. The summed E-state index contributed by atoms with van der Waals surface area (Å²) < 4.78 is 5.74. The van der Waals surface area contributed by atoms with Gasteiger partial charge >= 0.3 is 0 Å². The Morgan fingerprint density at radius 1 is 1.25 bits per heavy atom. The molecule has 1 nitrogen and oxygen atoms in total. The molecule has 3 heteroatoms. The summed E-state index contributed by atoms with van der Waals surface area (Å²) in [5, 5.41) is 2.00. The maximum atomic E-state index is 5.74. The van der Waals surface area contributed by atoms with Crippen molar-refractivity contribution in [2.45, 2.75) is 50.5 Å². The van der Waals surface area contributed by atoms with Gasteiger partial charge in [0.25, 0.3) is 0 Å². The van der Waals surface area contributed by atoms with E-state index in [1.165, 1.54) is 43.2 Å². The van der Waals surface area contributed by atoms with Crippen LogP contribution in [0.4, 0.5) is 0 Å². The molecule has 0 N–H and O–H groups in total. The van der Waals surface area contributed by atoms with Crippen LogP contribution < -0.4 is 0 Å². The van der Waals surface area contributed by atoms with Crippen molar-refractivity contribution in [1.82, 2.24) is 0 Å². The maximum Gasteiger partial charge on any atom is 0.0576 e. The zero-order chi connectivity index (χ0) is 14.4. The van der Waals surface area contributed by atoms with E-state index in [0.29, 0.717) is 6.10 Å². The van der Waals surface area contributed by atoms with Crippen molar-refractivity contribution in [3.63, 3.8) is 0 Å². The lowest BCUT2D eigenvalue weighted by molar-refractivity contribution is 0.101. The van der Waals surface area contributed by atoms with Gasteiger partial charge in [-0.2, -0.15) is 0 Å². The molecule has 1 aliphatic heterocycles. The van der Waals surface area contributed by atoms with E-state index in [9.17, 15) is 0 Å². The number of ether oxygens (including phenoxy) is 1. The summed E-state index contributed by atoms with van der Waals surface area (Å²) in [4.78, 5) is 0. The minimum Gasteiger partial charge on any atom is -0.378 e. The first-order valence-electron chi connectivity index (χ1n) is 7.51. The minimum atomic E-state index is 0.198. The van der Waals surface area contributed by atoms with Gasteiger partial charge in [-0.15, -0.1) is 0 Å². The average Bonchev–Trinajstić information content (AvgIpc) is 2.98. The van der Waals surface area contributed by atoms with Gasteiger partial charge in [0.1, 0.15) is 0 Å². The molecular weight excluding hydrogens is 380 g/mol. The number of aryl methyl sites for hydroxylation is 1. The number of halogens is 2. The van der Waals surface area contributed by atoms with Crippen molar-refractivity contribution in [3.05, 3.63) is 35.4 Å². The minimum absolute atomic E-state index is 0.198. The first-order chi connectivity index (χ1) is 9.72. The molecule has 0 bridgehead atoms. The second-order valence-corrected chi connectivity index (χ2v) is 7.01. The Morgan fingerprint density at radius 3 is 2.60 bits per heavy atom. The topological polar surface area (TPSA) is 9.23 Å². The zero-order valence-electron chi connectivity index (χ0n) is 12.2. The van der Waals surface area contributed by atoms with Crippen molar-refractivity contribution in [1.29, 1.82) is 0 Å². The van der Waals surface area contributed by atoms with Crippen molar-refractivity contribution >= 4 is 31.9 Å². The van der Waals surface area contributed by atoms with Crippen LogP contribution in [0.25, 0.3) is 0 Å². The molecular formula is C17H24Br2O. The Balaban J connectivity index is 2.03. The van der Waals surface area contributed by atoms with Crippen LogP contribution >= 0.6 is 31.9 Å². The summed E-state index contributed by atoms with van der Waals surface area (Å²) in [6.45, 7) is 3.18. The molecule has 0 radical (unpaired) electrons. The summed E-state index contributed by atoms with van der Waals surface area (Å²) in [6.07, 6.45) is 6.64. The number of rotatable bonds is 7. The molecule has 20 heavy (non-hydrogen) atoms. The van der Waals surface area contributed by atoms with Gasteiger partial charge in [-0.3, -0.25) is 0 Å². The third kappa shape index (κ3) is 3.86. The molecule has 1 heterocycles. The molecule has 1 aromatic rings. The van der Waals surface area contributed by atoms with E-state index < -0.39 is 0 Å². The molecule has 0 amide bonds. The van der Waals surface area contributed by atoms with Crippen LogP contribution in [-0.4, -0.2) is 23.4 Å². The predicted molar refractivity (Wildman–Crippen MR) is 93.3 cm³/mol. The average molecular weight is 404 g/mol. The van der Waals surface area contributed by atoms with Crippen LogP contribution in [-0.2, 0) is 10.2 Å². The second kappa shape index (κ2) is 7.95. The van der Waals surface area contributed by atoms with E-state index in [0.717, 1.165) is 17.3 Å². The molecule has 1 atom stereocenters. The van der Waals surface area contributed by atoms with Crippen LogP contribution in [0.2, 0.25) is 0 Å². The molecule has 1 fully saturated rings. The fraction of sp³-hybridized carbons (Fsp3) is 0.647. The molecule has 0 saturated carbocycles. The van der Waals surface area contributed by atoms with Crippen molar-refractivity contribution in [3.8, 4) is 0 Å². The number of hydrogen-bond donors (Lipinski definition) is 0. The Labute approximate surface area is 139 Å². The van der Waals surface area contributed by atoms with Crippen LogP contribution in [0.1, 0.15) is 43.2 Å².